The minimum Gasteiger partial charge on any atom is -0.313 e. The van der Waals surface area contributed by atoms with Gasteiger partial charge in [0.05, 0.1) is 27.8 Å². The number of hydrogen-bond donors (Lipinski definition) is 0. The van der Waals surface area contributed by atoms with E-state index in [1.54, 1.807) is 6.08 Å². The zero-order valence-corrected chi connectivity index (χ0v) is 34.3. The topological polar surface area (TPSA) is 18.0 Å². The third-order valence-electron chi connectivity index (χ3n) is 11.9. The molecule has 4 heteroatoms. The molecule has 1 aliphatic carbocycles. The summed E-state index contributed by atoms with van der Waals surface area (Å²) in [6.07, 6.45) is 25.6. The Bertz CT molecular complexity index is 3310. The number of aromatic nitrogens is 3. The van der Waals surface area contributed by atoms with Crippen molar-refractivity contribution in [2.24, 2.45) is 0 Å². The average molecular weight is 785 g/mol. The summed E-state index contributed by atoms with van der Waals surface area (Å²) >= 11 is 0. The molecule has 9 aromatic rings. The predicted octanol–water partition coefficient (Wildman–Crippen LogP) is 14.5. The number of anilines is 2. The van der Waals surface area contributed by atoms with Gasteiger partial charge in [-0.1, -0.05) is 110 Å². The van der Waals surface area contributed by atoms with E-state index in [9.17, 15) is 0 Å². The Labute approximate surface area is 356 Å². The van der Waals surface area contributed by atoms with Gasteiger partial charge in [-0.25, -0.2) is 0 Å². The maximum atomic E-state index is 5.64. The van der Waals surface area contributed by atoms with E-state index < -0.39 is 0 Å². The highest BCUT2D eigenvalue weighted by Crippen LogP contribution is 2.38. The van der Waals surface area contributed by atoms with Crippen molar-refractivity contribution in [1.29, 1.82) is 0 Å². The zero-order chi connectivity index (χ0) is 41.5. The van der Waals surface area contributed by atoms with Crippen molar-refractivity contribution in [3.05, 3.63) is 223 Å². The van der Waals surface area contributed by atoms with Crippen LogP contribution >= 0.6 is 0 Å². The molecule has 292 valence electrons. The van der Waals surface area contributed by atoms with Gasteiger partial charge in [-0.2, -0.15) is 0 Å². The van der Waals surface area contributed by atoms with Crippen LogP contribution in [0.1, 0.15) is 29.4 Å². The molecule has 1 aliphatic rings. The molecule has 0 aliphatic heterocycles. The fraction of sp³-hybridized carbons (Fsp3) is 0.0526. The summed E-state index contributed by atoms with van der Waals surface area (Å²) in [5.74, 6) is 2.66. The lowest BCUT2D eigenvalue weighted by Crippen LogP contribution is -2.15. The quantitative estimate of drug-likeness (QED) is 0.105. The van der Waals surface area contributed by atoms with Gasteiger partial charge in [0.15, 0.2) is 0 Å². The molecule has 0 unspecified atom stereocenters. The van der Waals surface area contributed by atoms with Crippen molar-refractivity contribution in [3.8, 4) is 23.7 Å². The van der Waals surface area contributed by atoms with Crippen LogP contribution in [0.15, 0.2) is 200 Å². The first-order valence-electron chi connectivity index (χ1n) is 20.8. The van der Waals surface area contributed by atoms with E-state index in [-0.39, 0.29) is 0 Å². The van der Waals surface area contributed by atoms with Crippen molar-refractivity contribution >= 4 is 72.8 Å². The van der Waals surface area contributed by atoms with Crippen LogP contribution in [0.3, 0.4) is 0 Å². The molecule has 0 N–H and O–H groups in total. The number of hydrogen-bond acceptors (Lipinski definition) is 1. The second-order valence-corrected chi connectivity index (χ2v) is 15.3. The second-order valence-electron chi connectivity index (χ2n) is 15.3. The molecule has 0 amide bonds. The van der Waals surface area contributed by atoms with E-state index in [0.717, 1.165) is 68.4 Å². The third-order valence-corrected chi connectivity index (χ3v) is 11.9. The van der Waals surface area contributed by atoms with Crippen LogP contribution in [0.25, 0.3) is 72.8 Å². The molecule has 0 radical (unpaired) electrons. The molecule has 0 spiro atoms. The number of terminal acetylenes is 1. The fourth-order valence-corrected chi connectivity index (χ4v) is 9.21. The van der Waals surface area contributed by atoms with Crippen LogP contribution in [-0.4, -0.2) is 13.7 Å². The Hall–Kier alpha value is -8.00. The Morgan fingerprint density at radius 3 is 1.79 bits per heavy atom. The zero-order valence-electron chi connectivity index (χ0n) is 34.3. The van der Waals surface area contributed by atoms with Crippen LogP contribution < -0.4 is 4.90 Å². The van der Waals surface area contributed by atoms with E-state index in [1.165, 1.54) is 38.3 Å². The van der Waals surface area contributed by atoms with Gasteiger partial charge in [-0.05, 0) is 129 Å². The summed E-state index contributed by atoms with van der Waals surface area (Å²) in [6, 6.07) is 52.1. The Balaban J connectivity index is 1.08. The van der Waals surface area contributed by atoms with E-state index in [4.69, 9.17) is 6.42 Å². The first kappa shape index (κ1) is 37.3. The molecule has 0 saturated heterocycles. The van der Waals surface area contributed by atoms with E-state index in [0.29, 0.717) is 0 Å². The highest BCUT2D eigenvalue weighted by Gasteiger charge is 2.20. The highest BCUT2D eigenvalue weighted by molar-refractivity contribution is 6.10. The lowest BCUT2D eigenvalue weighted by atomic mass is 10.1. The average Bonchev–Trinajstić information content (AvgIpc) is 3.82. The van der Waals surface area contributed by atoms with Crippen molar-refractivity contribution < 1.29 is 0 Å². The largest absolute Gasteiger partial charge is 0.313 e. The molecule has 3 heterocycles. The van der Waals surface area contributed by atoms with Crippen LogP contribution in [0.4, 0.5) is 11.4 Å². The number of para-hydroxylation sites is 4. The molecule has 61 heavy (non-hydrogen) atoms. The first-order valence-corrected chi connectivity index (χ1v) is 20.8. The van der Waals surface area contributed by atoms with Gasteiger partial charge in [0, 0.05) is 66.9 Å². The highest BCUT2D eigenvalue weighted by atomic mass is 15.1. The molecule has 0 fully saturated rings. The van der Waals surface area contributed by atoms with Gasteiger partial charge < -0.3 is 18.6 Å². The molecule has 4 nitrogen and oxygen atoms in total. The summed E-state index contributed by atoms with van der Waals surface area (Å²) < 4.78 is 6.96. The lowest BCUT2D eigenvalue weighted by molar-refractivity contribution is 1.05. The molecule has 0 atom stereocenters. The van der Waals surface area contributed by atoms with Crippen molar-refractivity contribution in [2.45, 2.75) is 20.3 Å². The van der Waals surface area contributed by atoms with Crippen LogP contribution in [0.2, 0.25) is 0 Å². The van der Waals surface area contributed by atoms with Crippen molar-refractivity contribution in [3.63, 3.8) is 0 Å². The summed E-state index contributed by atoms with van der Waals surface area (Å²) in [6.45, 7) is 8.87. The SMILES string of the molecule is C#C/C=C\c1c(C)n(-c2ccc(N(C(/C=C\C(=C)n3c4ccccc4c4ccccc43)=C/C)c3ccc(-n4c5c(c6ccccc64)CC=CC=C5)cc3)cc2)c2ccccc12. The maximum absolute atomic E-state index is 5.64. The minimum absolute atomic E-state index is 0.884. The first-order chi connectivity index (χ1) is 30.1. The van der Waals surface area contributed by atoms with E-state index in [1.807, 2.05) is 6.08 Å². The number of rotatable bonds is 9. The van der Waals surface area contributed by atoms with Crippen LogP contribution in [0, 0.1) is 19.3 Å². The van der Waals surface area contributed by atoms with Gasteiger partial charge in [-0.15, -0.1) is 6.42 Å². The number of benzene rings is 6. The van der Waals surface area contributed by atoms with Gasteiger partial charge in [0.1, 0.15) is 0 Å². The molecule has 0 saturated carbocycles. The van der Waals surface area contributed by atoms with Gasteiger partial charge in [0.25, 0.3) is 0 Å². The Kier molecular flexibility index (Phi) is 9.56. The maximum Gasteiger partial charge on any atom is 0.0540 e. The number of allylic oxidation sites excluding steroid dienone is 8. The molecule has 10 rings (SSSR count). The smallest absolute Gasteiger partial charge is 0.0540 e. The fourth-order valence-electron chi connectivity index (χ4n) is 9.21. The minimum atomic E-state index is 0.884. The van der Waals surface area contributed by atoms with Crippen molar-refractivity contribution in [1.82, 2.24) is 13.7 Å². The second kappa shape index (κ2) is 15.6. The summed E-state index contributed by atoms with van der Waals surface area (Å²) in [4.78, 5) is 2.32. The van der Waals surface area contributed by atoms with Gasteiger partial charge >= 0.3 is 0 Å². The lowest BCUT2D eigenvalue weighted by Gasteiger charge is -2.27. The molecule has 0 bridgehead atoms. The third kappa shape index (κ3) is 6.36. The molecular weight excluding hydrogens is 741 g/mol. The predicted molar refractivity (Wildman–Crippen MR) is 261 cm³/mol. The number of nitrogens with zero attached hydrogens (tertiary/aromatic N) is 4. The standard InChI is InChI=1S/C57H44N4/c1-5-7-19-47-41(4)59(55-28-17-11-21-48(47)55)43-32-34-44(35-33-43)60(42(6-2)31-30-40(3)58-53-26-15-12-22-49(53)50-23-13-16-27-54(50)58)45-36-38-46(39-37-45)61-56-25-10-8-9-20-51(56)52-24-14-18-29-57(52)61/h1,6-19,21-39H,3,20H2,2,4H3/b19-7-,31-30-,42-6+. The van der Waals surface area contributed by atoms with E-state index >= 15 is 0 Å². The number of fused-ring (bicyclic) bond motifs is 7. The summed E-state index contributed by atoms with van der Waals surface area (Å²) in [7, 11) is 0. The van der Waals surface area contributed by atoms with Crippen LogP contribution in [-0.2, 0) is 6.42 Å². The molecule has 3 aromatic heterocycles. The summed E-state index contributed by atoms with van der Waals surface area (Å²) in [5.41, 5.74) is 15.6. The van der Waals surface area contributed by atoms with Gasteiger partial charge in [-0.3, -0.25) is 0 Å². The Morgan fingerprint density at radius 2 is 1.18 bits per heavy atom. The molecular formula is C57H44N4. The Morgan fingerprint density at radius 1 is 0.639 bits per heavy atom. The van der Waals surface area contributed by atoms with Crippen LogP contribution in [0.5, 0.6) is 0 Å². The summed E-state index contributed by atoms with van der Waals surface area (Å²) in [5, 5.41) is 4.88. The van der Waals surface area contributed by atoms with Gasteiger partial charge in [0.2, 0.25) is 0 Å². The van der Waals surface area contributed by atoms with Crippen molar-refractivity contribution in [2.75, 3.05) is 4.90 Å². The van der Waals surface area contributed by atoms with E-state index in [2.05, 4.69) is 233 Å². The normalized spacial score (nSPS) is 12.9. The monoisotopic (exact) mass is 784 g/mol. The molecule has 6 aromatic carbocycles.